The van der Waals surface area contributed by atoms with Gasteiger partial charge < -0.3 is 9.84 Å². The highest BCUT2D eigenvalue weighted by Crippen LogP contribution is 2.13. The minimum atomic E-state index is 0.0664. The van der Waals surface area contributed by atoms with E-state index in [0.717, 1.165) is 5.75 Å². The van der Waals surface area contributed by atoms with Crippen LogP contribution in [0.3, 0.4) is 0 Å². The van der Waals surface area contributed by atoms with Crippen molar-refractivity contribution in [3.63, 3.8) is 0 Å². The predicted octanol–water partition coefficient (Wildman–Crippen LogP) is 3.43. The summed E-state index contributed by atoms with van der Waals surface area (Å²) in [5, 5.41) is 9.15. The SMILES string of the molecule is O=C(CCCOc1ccccc1)c1ccc(O)cc1. The van der Waals surface area contributed by atoms with Crippen LogP contribution in [0, 0.1) is 0 Å². The molecule has 0 bridgehead atoms. The highest BCUT2D eigenvalue weighted by molar-refractivity contribution is 5.96. The largest absolute Gasteiger partial charge is 0.508 e. The van der Waals surface area contributed by atoms with Gasteiger partial charge in [0, 0.05) is 12.0 Å². The Hall–Kier alpha value is -2.29. The Balaban J connectivity index is 1.74. The summed E-state index contributed by atoms with van der Waals surface area (Å²) in [6.07, 6.45) is 1.12. The highest BCUT2D eigenvalue weighted by Gasteiger charge is 2.05. The van der Waals surface area contributed by atoms with Gasteiger partial charge in [0.1, 0.15) is 11.5 Å². The van der Waals surface area contributed by atoms with Gasteiger partial charge in [-0.3, -0.25) is 4.79 Å². The van der Waals surface area contributed by atoms with Crippen molar-refractivity contribution in [1.29, 1.82) is 0 Å². The second kappa shape index (κ2) is 6.59. The molecule has 19 heavy (non-hydrogen) atoms. The van der Waals surface area contributed by atoms with Crippen LogP contribution in [0.15, 0.2) is 54.6 Å². The van der Waals surface area contributed by atoms with Gasteiger partial charge in [-0.1, -0.05) is 18.2 Å². The lowest BCUT2D eigenvalue weighted by Crippen LogP contribution is -2.03. The van der Waals surface area contributed by atoms with Crippen molar-refractivity contribution in [3.8, 4) is 11.5 Å². The van der Waals surface area contributed by atoms with Crippen LogP contribution in [0.2, 0.25) is 0 Å². The number of Topliss-reactive ketones (excluding diaryl/α,β-unsaturated/α-hetero) is 1. The van der Waals surface area contributed by atoms with E-state index in [-0.39, 0.29) is 11.5 Å². The molecule has 0 aliphatic rings. The lowest BCUT2D eigenvalue weighted by atomic mass is 10.1. The molecule has 0 saturated heterocycles. The summed E-state index contributed by atoms with van der Waals surface area (Å²) in [5.41, 5.74) is 0.623. The van der Waals surface area contributed by atoms with E-state index in [2.05, 4.69) is 0 Å². The fourth-order valence-electron chi connectivity index (χ4n) is 1.73. The topological polar surface area (TPSA) is 46.5 Å². The third-order valence-electron chi connectivity index (χ3n) is 2.75. The van der Waals surface area contributed by atoms with Crippen LogP contribution < -0.4 is 4.74 Å². The molecule has 0 heterocycles. The summed E-state index contributed by atoms with van der Waals surface area (Å²) in [5.74, 6) is 1.06. The van der Waals surface area contributed by atoms with E-state index in [1.165, 1.54) is 12.1 Å². The third-order valence-corrected chi connectivity index (χ3v) is 2.75. The molecule has 0 saturated carbocycles. The Morgan fingerprint density at radius 1 is 1.00 bits per heavy atom. The van der Waals surface area contributed by atoms with Crippen molar-refractivity contribution in [2.75, 3.05) is 6.61 Å². The zero-order valence-electron chi connectivity index (χ0n) is 10.6. The van der Waals surface area contributed by atoms with E-state index >= 15 is 0 Å². The van der Waals surface area contributed by atoms with Crippen LogP contribution in [0.5, 0.6) is 11.5 Å². The van der Waals surface area contributed by atoms with Gasteiger partial charge in [-0.25, -0.2) is 0 Å². The zero-order valence-corrected chi connectivity index (χ0v) is 10.6. The summed E-state index contributed by atoms with van der Waals surface area (Å²) in [4.78, 5) is 11.8. The average molecular weight is 256 g/mol. The lowest BCUT2D eigenvalue weighted by molar-refractivity contribution is 0.0973. The summed E-state index contributed by atoms with van der Waals surface area (Å²) < 4.78 is 5.52. The van der Waals surface area contributed by atoms with Crippen LogP contribution in [-0.2, 0) is 0 Å². The molecule has 0 unspecified atom stereocenters. The van der Waals surface area contributed by atoms with E-state index in [1.807, 2.05) is 30.3 Å². The van der Waals surface area contributed by atoms with Crippen molar-refractivity contribution >= 4 is 5.78 Å². The molecule has 0 aliphatic carbocycles. The Bertz CT molecular complexity index is 517. The van der Waals surface area contributed by atoms with Crippen molar-refractivity contribution in [1.82, 2.24) is 0 Å². The molecule has 0 atom stereocenters. The van der Waals surface area contributed by atoms with E-state index in [1.54, 1.807) is 12.1 Å². The highest BCUT2D eigenvalue weighted by atomic mass is 16.5. The Morgan fingerprint density at radius 2 is 1.68 bits per heavy atom. The molecule has 0 fully saturated rings. The van der Waals surface area contributed by atoms with Crippen LogP contribution in [0.25, 0.3) is 0 Å². The normalized spacial score (nSPS) is 10.1. The molecule has 0 aromatic heterocycles. The molecule has 98 valence electrons. The van der Waals surface area contributed by atoms with E-state index in [0.29, 0.717) is 25.0 Å². The molecule has 3 heteroatoms. The first-order chi connectivity index (χ1) is 9.25. The number of para-hydroxylation sites is 1. The maximum absolute atomic E-state index is 11.8. The third kappa shape index (κ3) is 4.14. The van der Waals surface area contributed by atoms with Crippen molar-refractivity contribution in [2.45, 2.75) is 12.8 Å². The standard InChI is InChI=1S/C16H16O3/c17-14-10-8-13(9-11-14)16(18)7-4-12-19-15-5-2-1-3-6-15/h1-3,5-6,8-11,17H,4,7,12H2. The molecule has 2 aromatic rings. The van der Waals surface area contributed by atoms with Gasteiger partial charge in [0.05, 0.1) is 6.61 Å². The number of hydrogen-bond donors (Lipinski definition) is 1. The minimum Gasteiger partial charge on any atom is -0.508 e. The number of ether oxygens (including phenoxy) is 1. The number of rotatable bonds is 6. The number of phenols is 1. The van der Waals surface area contributed by atoms with Crippen LogP contribution in [0.1, 0.15) is 23.2 Å². The van der Waals surface area contributed by atoms with Crippen molar-refractivity contribution in [2.24, 2.45) is 0 Å². The number of aromatic hydroxyl groups is 1. The fraction of sp³-hybridized carbons (Fsp3) is 0.188. The van der Waals surface area contributed by atoms with Crippen molar-refractivity contribution in [3.05, 3.63) is 60.2 Å². The molecule has 0 radical (unpaired) electrons. The second-order valence-electron chi connectivity index (χ2n) is 4.24. The smallest absolute Gasteiger partial charge is 0.163 e. The zero-order chi connectivity index (χ0) is 13.5. The number of benzene rings is 2. The molecule has 1 N–H and O–H groups in total. The summed E-state index contributed by atoms with van der Waals surface area (Å²) in [6.45, 7) is 0.522. The molecular formula is C16H16O3. The lowest BCUT2D eigenvalue weighted by Gasteiger charge is -2.05. The Morgan fingerprint density at radius 3 is 2.37 bits per heavy atom. The van der Waals surface area contributed by atoms with Gasteiger partial charge in [0.2, 0.25) is 0 Å². The van der Waals surface area contributed by atoms with Gasteiger partial charge in [-0.2, -0.15) is 0 Å². The molecule has 0 aliphatic heterocycles. The van der Waals surface area contributed by atoms with Gasteiger partial charge in [0.15, 0.2) is 5.78 Å². The van der Waals surface area contributed by atoms with Gasteiger partial charge in [-0.15, -0.1) is 0 Å². The minimum absolute atomic E-state index is 0.0664. The van der Waals surface area contributed by atoms with Gasteiger partial charge >= 0.3 is 0 Å². The monoisotopic (exact) mass is 256 g/mol. The number of phenolic OH excluding ortho intramolecular Hbond substituents is 1. The van der Waals surface area contributed by atoms with Crippen LogP contribution in [0.4, 0.5) is 0 Å². The average Bonchev–Trinajstić information content (AvgIpc) is 2.45. The van der Waals surface area contributed by atoms with E-state index < -0.39 is 0 Å². The molecule has 3 nitrogen and oxygen atoms in total. The van der Waals surface area contributed by atoms with Gasteiger partial charge in [0.25, 0.3) is 0 Å². The molecule has 0 spiro atoms. The predicted molar refractivity (Wildman–Crippen MR) is 73.6 cm³/mol. The van der Waals surface area contributed by atoms with Gasteiger partial charge in [-0.05, 0) is 42.8 Å². The second-order valence-corrected chi connectivity index (χ2v) is 4.24. The Kier molecular flexibility index (Phi) is 4.56. The molecular weight excluding hydrogens is 240 g/mol. The van der Waals surface area contributed by atoms with Crippen LogP contribution in [-0.4, -0.2) is 17.5 Å². The quantitative estimate of drug-likeness (QED) is 0.636. The number of hydrogen-bond acceptors (Lipinski definition) is 3. The summed E-state index contributed by atoms with van der Waals surface area (Å²) in [7, 11) is 0. The molecule has 2 rings (SSSR count). The number of carbonyl (C=O) groups excluding carboxylic acids is 1. The first kappa shape index (κ1) is 13.1. The van der Waals surface area contributed by atoms with E-state index in [9.17, 15) is 4.79 Å². The molecule has 2 aromatic carbocycles. The fourth-order valence-corrected chi connectivity index (χ4v) is 1.73. The maximum Gasteiger partial charge on any atom is 0.163 e. The number of ketones is 1. The summed E-state index contributed by atoms with van der Waals surface area (Å²) >= 11 is 0. The summed E-state index contributed by atoms with van der Waals surface area (Å²) in [6, 6.07) is 15.9. The first-order valence-corrected chi connectivity index (χ1v) is 6.26. The van der Waals surface area contributed by atoms with Crippen LogP contribution >= 0.6 is 0 Å². The Labute approximate surface area is 112 Å². The maximum atomic E-state index is 11.8. The molecule has 0 amide bonds. The first-order valence-electron chi connectivity index (χ1n) is 6.26. The van der Waals surface area contributed by atoms with E-state index in [4.69, 9.17) is 9.84 Å². The number of carbonyl (C=O) groups is 1. The van der Waals surface area contributed by atoms with Crippen molar-refractivity contribution < 1.29 is 14.6 Å².